The highest BCUT2D eigenvalue weighted by molar-refractivity contribution is 5.78. The van der Waals surface area contributed by atoms with Gasteiger partial charge in [0.25, 0.3) is 0 Å². The zero-order valence-electron chi connectivity index (χ0n) is 9.21. The van der Waals surface area contributed by atoms with Gasteiger partial charge in [-0.1, -0.05) is 27.7 Å². The van der Waals surface area contributed by atoms with Gasteiger partial charge in [-0.05, 0) is 18.8 Å². The number of hydrogen-bond acceptors (Lipinski definition) is 1. The van der Waals surface area contributed by atoms with Crippen LogP contribution in [-0.2, 0) is 4.79 Å². The summed E-state index contributed by atoms with van der Waals surface area (Å²) in [5, 5.41) is 0. The topological polar surface area (TPSA) is 20.3 Å². The van der Waals surface area contributed by atoms with E-state index in [1.54, 1.807) is 0 Å². The van der Waals surface area contributed by atoms with Gasteiger partial charge >= 0.3 is 0 Å². The lowest BCUT2D eigenvalue weighted by Crippen LogP contribution is -2.40. The number of amides is 1. The first-order valence-corrected chi connectivity index (χ1v) is 5.34. The van der Waals surface area contributed by atoms with E-state index in [1.165, 1.54) is 12.8 Å². The molecule has 0 saturated carbocycles. The molecule has 1 saturated heterocycles. The number of rotatable bonds is 2. The number of nitrogens with zero attached hydrogens (tertiary/aromatic N) is 1. The quantitative estimate of drug-likeness (QED) is 0.643. The predicted octanol–water partition coefficient (Wildman–Crippen LogP) is 2.29. The van der Waals surface area contributed by atoms with Gasteiger partial charge in [0.05, 0.1) is 0 Å². The number of carbonyl (C=O) groups excluding carboxylic acids is 1. The summed E-state index contributed by atoms with van der Waals surface area (Å²) in [5.41, 5.74) is 0. The van der Waals surface area contributed by atoms with Gasteiger partial charge in [-0.25, -0.2) is 0 Å². The Morgan fingerprint density at radius 2 is 1.92 bits per heavy atom. The Morgan fingerprint density at radius 1 is 1.31 bits per heavy atom. The Balaban J connectivity index is 2.63. The maximum absolute atomic E-state index is 11.8. The van der Waals surface area contributed by atoms with E-state index in [0.717, 1.165) is 6.54 Å². The number of hydrogen-bond donors (Lipinski definition) is 0. The standard InChI is InChI=1S/C11H21NO/c1-8(2)10-6-5-7-12(10)11(13)9(3)4/h8-10H,5-7H2,1-4H3. The first-order valence-electron chi connectivity index (χ1n) is 5.34. The minimum absolute atomic E-state index is 0.152. The fourth-order valence-corrected chi connectivity index (χ4v) is 2.09. The van der Waals surface area contributed by atoms with Crippen LogP contribution >= 0.6 is 0 Å². The summed E-state index contributed by atoms with van der Waals surface area (Å²) in [7, 11) is 0. The third-order valence-electron chi connectivity index (χ3n) is 2.85. The molecule has 1 rings (SSSR count). The SMILES string of the molecule is CC(C)C(=O)N1CCCC1C(C)C. The lowest BCUT2D eigenvalue weighted by Gasteiger charge is -2.29. The van der Waals surface area contributed by atoms with Crippen molar-refractivity contribution in [1.82, 2.24) is 4.90 Å². The summed E-state index contributed by atoms with van der Waals surface area (Å²) >= 11 is 0. The number of likely N-dealkylation sites (tertiary alicyclic amines) is 1. The molecular formula is C11H21NO. The molecule has 1 unspecified atom stereocenters. The van der Waals surface area contributed by atoms with Crippen LogP contribution in [-0.4, -0.2) is 23.4 Å². The van der Waals surface area contributed by atoms with E-state index in [9.17, 15) is 4.79 Å². The molecule has 1 amide bonds. The molecule has 0 aliphatic carbocycles. The Bertz CT molecular complexity index is 187. The second-order valence-corrected chi connectivity index (χ2v) is 4.64. The maximum Gasteiger partial charge on any atom is 0.225 e. The molecule has 0 aromatic heterocycles. The van der Waals surface area contributed by atoms with Gasteiger partial charge in [-0.2, -0.15) is 0 Å². The van der Waals surface area contributed by atoms with Crippen LogP contribution in [0.1, 0.15) is 40.5 Å². The Hall–Kier alpha value is -0.530. The highest BCUT2D eigenvalue weighted by Crippen LogP contribution is 2.25. The summed E-state index contributed by atoms with van der Waals surface area (Å²) in [6.07, 6.45) is 2.37. The molecule has 0 N–H and O–H groups in total. The molecule has 1 aliphatic rings. The zero-order chi connectivity index (χ0) is 10.0. The molecule has 76 valence electrons. The summed E-state index contributed by atoms with van der Waals surface area (Å²) in [6, 6.07) is 0.495. The van der Waals surface area contributed by atoms with Crippen molar-refractivity contribution in [3.05, 3.63) is 0 Å². The molecular weight excluding hydrogens is 162 g/mol. The fourth-order valence-electron chi connectivity index (χ4n) is 2.09. The van der Waals surface area contributed by atoms with Crippen molar-refractivity contribution in [1.29, 1.82) is 0 Å². The van der Waals surface area contributed by atoms with Crippen molar-refractivity contribution >= 4 is 5.91 Å². The van der Waals surface area contributed by atoms with Gasteiger partial charge in [0, 0.05) is 18.5 Å². The Morgan fingerprint density at radius 3 is 2.38 bits per heavy atom. The molecule has 1 atom stereocenters. The van der Waals surface area contributed by atoms with Gasteiger partial charge in [0.15, 0.2) is 0 Å². The van der Waals surface area contributed by atoms with Crippen LogP contribution < -0.4 is 0 Å². The van der Waals surface area contributed by atoms with E-state index in [1.807, 2.05) is 13.8 Å². The van der Waals surface area contributed by atoms with Crippen molar-refractivity contribution in [2.24, 2.45) is 11.8 Å². The molecule has 1 heterocycles. The lowest BCUT2D eigenvalue weighted by molar-refractivity contribution is -0.136. The van der Waals surface area contributed by atoms with E-state index in [0.29, 0.717) is 17.9 Å². The summed E-state index contributed by atoms with van der Waals surface area (Å²) in [4.78, 5) is 13.9. The van der Waals surface area contributed by atoms with Crippen LogP contribution in [0.3, 0.4) is 0 Å². The van der Waals surface area contributed by atoms with Gasteiger partial charge in [0.2, 0.25) is 5.91 Å². The lowest BCUT2D eigenvalue weighted by atomic mass is 10.0. The van der Waals surface area contributed by atoms with Crippen LogP contribution in [0.4, 0.5) is 0 Å². The van der Waals surface area contributed by atoms with Gasteiger partial charge in [-0.15, -0.1) is 0 Å². The monoisotopic (exact) mass is 183 g/mol. The van der Waals surface area contributed by atoms with Gasteiger partial charge in [-0.3, -0.25) is 4.79 Å². The summed E-state index contributed by atoms with van der Waals surface area (Å²) < 4.78 is 0. The summed E-state index contributed by atoms with van der Waals surface area (Å²) in [5.74, 6) is 1.08. The van der Waals surface area contributed by atoms with Gasteiger partial charge in [0.1, 0.15) is 0 Å². The first-order chi connectivity index (χ1) is 6.04. The molecule has 0 aromatic carbocycles. The van der Waals surface area contributed by atoms with Crippen molar-refractivity contribution in [2.75, 3.05) is 6.54 Å². The van der Waals surface area contributed by atoms with Crippen molar-refractivity contribution in [3.8, 4) is 0 Å². The van der Waals surface area contributed by atoms with Gasteiger partial charge < -0.3 is 4.90 Å². The minimum Gasteiger partial charge on any atom is -0.339 e. The second-order valence-electron chi connectivity index (χ2n) is 4.64. The molecule has 0 aromatic rings. The van der Waals surface area contributed by atoms with E-state index in [-0.39, 0.29) is 5.92 Å². The predicted molar refractivity (Wildman–Crippen MR) is 54.4 cm³/mol. The Kier molecular flexibility index (Phi) is 3.34. The average Bonchev–Trinajstić information content (AvgIpc) is 2.50. The van der Waals surface area contributed by atoms with Crippen LogP contribution in [0.15, 0.2) is 0 Å². The largest absolute Gasteiger partial charge is 0.339 e. The van der Waals surface area contributed by atoms with E-state index in [2.05, 4.69) is 18.7 Å². The third kappa shape index (κ3) is 2.23. The molecule has 2 nitrogen and oxygen atoms in total. The van der Waals surface area contributed by atoms with Crippen LogP contribution in [0.25, 0.3) is 0 Å². The molecule has 0 radical (unpaired) electrons. The highest BCUT2D eigenvalue weighted by atomic mass is 16.2. The molecule has 1 fully saturated rings. The Labute approximate surface area is 81.3 Å². The highest BCUT2D eigenvalue weighted by Gasteiger charge is 2.31. The second kappa shape index (κ2) is 4.12. The van der Waals surface area contributed by atoms with Crippen molar-refractivity contribution < 1.29 is 4.79 Å². The van der Waals surface area contributed by atoms with Crippen LogP contribution in [0.5, 0.6) is 0 Å². The van der Waals surface area contributed by atoms with Crippen molar-refractivity contribution in [2.45, 2.75) is 46.6 Å². The van der Waals surface area contributed by atoms with E-state index in [4.69, 9.17) is 0 Å². The van der Waals surface area contributed by atoms with Crippen LogP contribution in [0, 0.1) is 11.8 Å². The average molecular weight is 183 g/mol. The molecule has 13 heavy (non-hydrogen) atoms. The third-order valence-corrected chi connectivity index (χ3v) is 2.85. The summed E-state index contributed by atoms with van der Waals surface area (Å²) in [6.45, 7) is 9.35. The zero-order valence-corrected chi connectivity index (χ0v) is 9.21. The van der Waals surface area contributed by atoms with Crippen molar-refractivity contribution in [3.63, 3.8) is 0 Å². The minimum atomic E-state index is 0.152. The van der Waals surface area contributed by atoms with E-state index < -0.39 is 0 Å². The number of carbonyl (C=O) groups is 1. The molecule has 0 spiro atoms. The molecule has 0 bridgehead atoms. The fraction of sp³-hybridized carbons (Fsp3) is 0.909. The molecule has 1 aliphatic heterocycles. The van der Waals surface area contributed by atoms with E-state index >= 15 is 0 Å². The normalized spacial score (nSPS) is 23.2. The van der Waals surface area contributed by atoms with Crippen LogP contribution in [0.2, 0.25) is 0 Å². The molecule has 2 heteroatoms. The maximum atomic E-state index is 11.8. The first kappa shape index (κ1) is 10.6. The smallest absolute Gasteiger partial charge is 0.225 e.